The van der Waals surface area contributed by atoms with Gasteiger partial charge in [-0.1, -0.05) is 0 Å². The largest absolute Gasteiger partial charge is 0.478 e. The number of carbonyl (C=O) groups excluding carboxylic acids is 1. The number of rotatable bonds is 1. The summed E-state index contributed by atoms with van der Waals surface area (Å²) >= 11 is 1.10. The fraction of sp³-hybridized carbons (Fsp3) is 0.333. The van der Waals surface area contributed by atoms with Crippen molar-refractivity contribution in [3.8, 4) is 0 Å². The Hall–Kier alpha value is -1.36. The maximum Gasteiger partial charge on any atom is 0.338 e. The Bertz CT molecular complexity index is 422. The van der Waals surface area contributed by atoms with Crippen LogP contribution >= 0.6 is 11.3 Å². The number of anilines is 1. The zero-order valence-electron chi connectivity index (χ0n) is 7.37. The van der Waals surface area contributed by atoms with Crippen LogP contribution in [0.5, 0.6) is 0 Å². The van der Waals surface area contributed by atoms with Crippen molar-refractivity contribution in [2.75, 3.05) is 5.73 Å². The average molecular weight is 211 g/mol. The molecule has 0 saturated carbocycles. The molecule has 1 heterocycles. The molecule has 4 nitrogen and oxygen atoms in total. The second-order valence-electron chi connectivity index (χ2n) is 3.23. The Balaban J connectivity index is 2.63. The molecule has 0 unspecified atom stereocenters. The Labute approximate surface area is 84.3 Å². The van der Waals surface area contributed by atoms with E-state index in [-0.39, 0.29) is 16.3 Å². The van der Waals surface area contributed by atoms with Gasteiger partial charge in [0.1, 0.15) is 5.00 Å². The molecule has 0 radical (unpaired) electrons. The van der Waals surface area contributed by atoms with Gasteiger partial charge in [-0.3, -0.25) is 4.79 Å². The summed E-state index contributed by atoms with van der Waals surface area (Å²) in [5.74, 6) is -1.01. The van der Waals surface area contributed by atoms with E-state index in [2.05, 4.69) is 0 Å². The van der Waals surface area contributed by atoms with E-state index < -0.39 is 5.97 Å². The highest BCUT2D eigenvalue weighted by molar-refractivity contribution is 7.18. The zero-order valence-corrected chi connectivity index (χ0v) is 8.19. The Morgan fingerprint density at radius 2 is 2.14 bits per heavy atom. The SMILES string of the molecule is Nc1sc2c(c1C(=O)O)CCCC2=O. The molecule has 0 aromatic carbocycles. The van der Waals surface area contributed by atoms with Crippen molar-refractivity contribution in [2.24, 2.45) is 0 Å². The number of thiophene rings is 1. The van der Waals surface area contributed by atoms with Gasteiger partial charge in [-0.15, -0.1) is 11.3 Å². The highest BCUT2D eigenvalue weighted by Gasteiger charge is 2.27. The second-order valence-corrected chi connectivity index (χ2v) is 4.28. The van der Waals surface area contributed by atoms with E-state index >= 15 is 0 Å². The highest BCUT2D eigenvalue weighted by Crippen LogP contribution is 2.35. The molecule has 14 heavy (non-hydrogen) atoms. The summed E-state index contributed by atoms with van der Waals surface area (Å²) < 4.78 is 0. The molecule has 1 aliphatic carbocycles. The number of nitrogens with two attached hydrogens (primary N) is 1. The summed E-state index contributed by atoms with van der Waals surface area (Å²) in [5, 5.41) is 9.16. The van der Waals surface area contributed by atoms with Crippen LogP contribution in [0.2, 0.25) is 0 Å². The van der Waals surface area contributed by atoms with Crippen LogP contribution in [0.25, 0.3) is 0 Å². The Morgan fingerprint density at radius 3 is 2.79 bits per heavy atom. The minimum Gasteiger partial charge on any atom is -0.478 e. The van der Waals surface area contributed by atoms with Gasteiger partial charge in [0.05, 0.1) is 10.4 Å². The van der Waals surface area contributed by atoms with E-state index in [1.54, 1.807) is 0 Å². The molecule has 0 bridgehead atoms. The lowest BCUT2D eigenvalue weighted by molar-refractivity contribution is 0.0697. The number of ketones is 1. The molecular weight excluding hydrogens is 202 g/mol. The lowest BCUT2D eigenvalue weighted by Gasteiger charge is -2.09. The number of carboxylic acids is 1. The Kier molecular flexibility index (Phi) is 2.03. The number of hydrogen-bond acceptors (Lipinski definition) is 4. The van der Waals surface area contributed by atoms with Gasteiger partial charge in [0.15, 0.2) is 5.78 Å². The summed E-state index contributed by atoms with van der Waals surface area (Å²) in [6.45, 7) is 0. The first kappa shape index (κ1) is 9.21. The van der Waals surface area contributed by atoms with Gasteiger partial charge in [-0.2, -0.15) is 0 Å². The summed E-state index contributed by atoms with van der Waals surface area (Å²) in [5.41, 5.74) is 6.34. The van der Waals surface area contributed by atoms with Gasteiger partial charge >= 0.3 is 5.97 Å². The number of nitrogen functional groups attached to an aromatic ring is 1. The first-order valence-corrected chi connectivity index (χ1v) is 5.10. The van der Waals surface area contributed by atoms with Crippen LogP contribution in [0, 0.1) is 0 Å². The predicted molar refractivity (Wildman–Crippen MR) is 53.0 cm³/mol. The van der Waals surface area contributed by atoms with Crippen molar-refractivity contribution in [3.63, 3.8) is 0 Å². The number of fused-ring (bicyclic) bond motifs is 1. The molecule has 74 valence electrons. The maximum absolute atomic E-state index is 11.4. The molecule has 1 aromatic heterocycles. The summed E-state index contributed by atoms with van der Waals surface area (Å²) in [6, 6.07) is 0. The van der Waals surface area contributed by atoms with Gasteiger partial charge < -0.3 is 10.8 Å². The standard InChI is InChI=1S/C9H9NO3S/c10-8-6(9(12)13)4-2-1-3-5(11)7(4)14-8/h1-3,10H2,(H,12,13). The summed E-state index contributed by atoms with van der Waals surface area (Å²) in [7, 11) is 0. The summed E-state index contributed by atoms with van der Waals surface area (Å²) in [6.07, 6.45) is 1.88. The van der Waals surface area contributed by atoms with E-state index in [0.717, 1.165) is 17.8 Å². The minimum atomic E-state index is -1.03. The van der Waals surface area contributed by atoms with Crippen LogP contribution in [-0.2, 0) is 6.42 Å². The molecule has 3 N–H and O–H groups in total. The molecule has 0 aliphatic heterocycles. The molecule has 0 saturated heterocycles. The van der Waals surface area contributed by atoms with Crippen molar-refractivity contribution in [3.05, 3.63) is 16.0 Å². The van der Waals surface area contributed by atoms with Gasteiger partial charge in [-0.05, 0) is 18.4 Å². The van der Waals surface area contributed by atoms with Crippen LogP contribution in [0.4, 0.5) is 5.00 Å². The van der Waals surface area contributed by atoms with Crippen LogP contribution in [0.3, 0.4) is 0 Å². The van der Waals surface area contributed by atoms with E-state index in [9.17, 15) is 9.59 Å². The normalized spacial score (nSPS) is 15.3. The van der Waals surface area contributed by atoms with Crippen molar-refractivity contribution >= 4 is 28.1 Å². The van der Waals surface area contributed by atoms with Crippen molar-refractivity contribution in [2.45, 2.75) is 19.3 Å². The van der Waals surface area contributed by atoms with E-state index in [1.807, 2.05) is 0 Å². The quantitative estimate of drug-likeness (QED) is 0.738. The topological polar surface area (TPSA) is 80.4 Å². The average Bonchev–Trinajstić information content (AvgIpc) is 2.42. The molecule has 5 heteroatoms. The third-order valence-electron chi connectivity index (χ3n) is 2.33. The molecule has 0 spiro atoms. The highest BCUT2D eigenvalue weighted by atomic mass is 32.1. The third-order valence-corrected chi connectivity index (χ3v) is 3.43. The molecule has 0 amide bonds. The van der Waals surface area contributed by atoms with Crippen LogP contribution in [0.1, 0.15) is 38.4 Å². The first-order chi connectivity index (χ1) is 6.61. The number of aromatic carboxylic acids is 1. The van der Waals surface area contributed by atoms with E-state index in [1.165, 1.54) is 0 Å². The van der Waals surface area contributed by atoms with Crippen LogP contribution in [-0.4, -0.2) is 16.9 Å². The molecule has 0 atom stereocenters. The summed E-state index contributed by atoms with van der Waals surface area (Å²) in [4.78, 5) is 22.9. The van der Waals surface area contributed by atoms with E-state index in [4.69, 9.17) is 10.8 Å². The fourth-order valence-corrected chi connectivity index (χ4v) is 2.80. The van der Waals surface area contributed by atoms with Crippen LogP contribution in [0.15, 0.2) is 0 Å². The molecule has 1 aromatic rings. The molecule has 0 fully saturated rings. The van der Waals surface area contributed by atoms with Gasteiger partial charge in [0.25, 0.3) is 0 Å². The Morgan fingerprint density at radius 1 is 1.43 bits per heavy atom. The van der Waals surface area contributed by atoms with Gasteiger partial charge in [0.2, 0.25) is 0 Å². The molecule has 2 rings (SSSR count). The van der Waals surface area contributed by atoms with Gasteiger partial charge in [0, 0.05) is 6.42 Å². The smallest absolute Gasteiger partial charge is 0.338 e. The first-order valence-electron chi connectivity index (χ1n) is 4.29. The second kappa shape index (κ2) is 3.09. The van der Waals surface area contributed by atoms with Crippen LogP contribution < -0.4 is 5.73 Å². The van der Waals surface area contributed by atoms with Gasteiger partial charge in [-0.25, -0.2) is 4.79 Å². The maximum atomic E-state index is 11.4. The zero-order chi connectivity index (χ0) is 10.3. The fourth-order valence-electron chi connectivity index (χ4n) is 1.72. The lowest BCUT2D eigenvalue weighted by Crippen LogP contribution is -2.11. The van der Waals surface area contributed by atoms with E-state index in [0.29, 0.717) is 23.3 Å². The monoisotopic (exact) mass is 211 g/mol. The predicted octanol–water partition coefficient (Wildman–Crippen LogP) is 1.55. The minimum absolute atomic E-state index is 0.0236. The molecule has 1 aliphatic rings. The van der Waals surface area contributed by atoms with Crippen molar-refractivity contribution < 1.29 is 14.7 Å². The number of carboxylic acid groups (broad SMARTS) is 1. The number of carbonyl (C=O) groups is 2. The number of hydrogen-bond donors (Lipinski definition) is 2. The van der Waals surface area contributed by atoms with Crippen molar-refractivity contribution in [1.82, 2.24) is 0 Å². The number of Topliss-reactive ketones (excluding diaryl/α,β-unsaturated/α-hetero) is 1. The van der Waals surface area contributed by atoms with Crippen molar-refractivity contribution in [1.29, 1.82) is 0 Å². The third kappa shape index (κ3) is 1.21. The lowest BCUT2D eigenvalue weighted by atomic mass is 9.95. The molecular formula is C9H9NO3S.